The molecule has 1 aliphatic heterocycles. The van der Waals surface area contributed by atoms with Gasteiger partial charge in [0.05, 0.1) is 0 Å². The van der Waals surface area contributed by atoms with Gasteiger partial charge in [-0.15, -0.1) is 0 Å². The molecule has 0 fully saturated rings. The smallest absolute Gasteiger partial charge is 0.226 e. The van der Waals surface area contributed by atoms with Crippen LogP contribution in [0.5, 0.6) is 0 Å². The maximum atomic E-state index is 13.2. The third-order valence-electron chi connectivity index (χ3n) is 4.47. The predicted molar refractivity (Wildman–Crippen MR) is 96.4 cm³/mol. The van der Waals surface area contributed by atoms with Crippen molar-refractivity contribution in [1.82, 2.24) is 14.8 Å². The van der Waals surface area contributed by atoms with Crippen LogP contribution < -0.4 is 5.32 Å². The average Bonchev–Trinajstić information content (AvgIpc) is 3.09. The van der Waals surface area contributed by atoms with Gasteiger partial charge < -0.3 is 5.32 Å². The van der Waals surface area contributed by atoms with Crippen molar-refractivity contribution in [3.05, 3.63) is 88.9 Å². The number of hydrogen-bond acceptors (Lipinski definition) is 4. The number of fused-ring (bicyclic) bond motifs is 1. The van der Waals surface area contributed by atoms with Gasteiger partial charge in [-0.3, -0.25) is 4.79 Å². The number of carbonyl (C=O) groups excluding carboxylic acids is 1. The van der Waals surface area contributed by atoms with E-state index in [2.05, 4.69) is 15.4 Å². The Morgan fingerprint density at radius 2 is 1.76 bits per heavy atom. The third kappa shape index (κ3) is 2.63. The zero-order valence-corrected chi connectivity index (χ0v) is 14.1. The molecule has 4 rings (SSSR count). The molecule has 5 heteroatoms. The molecule has 1 N–H and O–H groups in total. The first kappa shape index (κ1) is 15.3. The molecule has 124 valence electrons. The van der Waals surface area contributed by atoms with Crippen LogP contribution in [-0.4, -0.2) is 20.5 Å². The van der Waals surface area contributed by atoms with Crippen LogP contribution in [0.25, 0.3) is 0 Å². The Hall–Kier alpha value is -3.21. The molecule has 1 atom stereocenters. The summed E-state index contributed by atoms with van der Waals surface area (Å²) in [6, 6.07) is 17.2. The highest BCUT2D eigenvalue weighted by Crippen LogP contribution is 2.36. The third-order valence-corrected chi connectivity index (χ3v) is 4.47. The summed E-state index contributed by atoms with van der Waals surface area (Å²) in [5.74, 6) is 0.644. The molecular weight excluding hydrogens is 312 g/mol. The number of anilines is 1. The van der Waals surface area contributed by atoms with E-state index in [1.54, 1.807) is 4.68 Å². The van der Waals surface area contributed by atoms with E-state index in [1.807, 2.05) is 68.4 Å². The molecule has 0 saturated carbocycles. The molecule has 0 amide bonds. The number of aromatic nitrogens is 3. The number of aryl methyl sites for hydroxylation is 1. The fourth-order valence-electron chi connectivity index (χ4n) is 3.19. The zero-order chi connectivity index (χ0) is 17.4. The van der Waals surface area contributed by atoms with Gasteiger partial charge in [0, 0.05) is 16.8 Å². The van der Waals surface area contributed by atoms with Crippen LogP contribution in [0.4, 0.5) is 5.95 Å². The Labute approximate surface area is 146 Å². The summed E-state index contributed by atoms with van der Waals surface area (Å²) in [6.07, 6.45) is 1.51. The van der Waals surface area contributed by atoms with Crippen LogP contribution in [0.1, 0.15) is 34.5 Å². The Morgan fingerprint density at radius 3 is 2.48 bits per heavy atom. The van der Waals surface area contributed by atoms with Crippen LogP contribution in [0.2, 0.25) is 0 Å². The maximum absolute atomic E-state index is 13.2. The van der Waals surface area contributed by atoms with Gasteiger partial charge in [0.1, 0.15) is 12.4 Å². The second-order valence-corrected chi connectivity index (χ2v) is 6.20. The summed E-state index contributed by atoms with van der Waals surface area (Å²) >= 11 is 0. The van der Waals surface area contributed by atoms with E-state index < -0.39 is 0 Å². The van der Waals surface area contributed by atoms with E-state index in [0.717, 1.165) is 11.3 Å². The topological polar surface area (TPSA) is 59.8 Å². The molecule has 0 radical (unpaired) electrons. The fraction of sp³-hybridized carbons (Fsp3) is 0.150. The number of hydrogen-bond donors (Lipinski definition) is 1. The molecule has 2 heterocycles. The van der Waals surface area contributed by atoms with Crippen molar-refractivity contribution in [2.75, 3.05) is 5.32 Å². The van der Waals surface area contributed by atoms with Crippen molar-refractivity contribution in [1.29, 1.82) is 0 Å². The lowest BCUT2D eigenvalue weighted by Crippen LogP contribution is -2.28. The lowest BCUT2D eigenvalue weighted by atomic mass is 9.89. The van der Waals surface area contributed by atoms with Crippen LogP contribution in [0, 0.1) is 6.92 Å². The molecule has 5 nitrogen and oxygen atoms in total. The molecule has 0 bridgehead atoms. The number of Topliss-reactive ketones (excluding diaryl/α,β-unsaturated/α-hetero) is 1. The quantitative estimate of drug-likeness (QED) is 0.743. The van der Waals surface area contributed by atoms with E-state index in [1.165, 1.54) is 11.9 Å². The van der Waals surface area contributed by atoms with Gasteiger partial charge in [0.2, 0.25) is 5.95 Å². The normalized spacial score (nSPS) is 16.3. The van der Waals surface area contributed by atoms with Crippen molar-refractivity contribution in [3.8, 4) is 0 Å². The second kappa shape index (κ2) is 6.02. The number of nitrogens with one attached hydrogen (secondary N) is 1. The molecule has 25 heavy (non-hydrogen) atoms. The standard InChI is InChI=1S/C20H18N4O/c1-13-8-10-15(11-9-13)18-17(19(25)16-6-4-3-5-7-16)14(2)23-20-21-12-22-24(18)20/h3-12,18H,1-2H3,(H,21,22,23)/t18-/m0/s1. The Balaban J connectivity index is 1.87. The van der Waals surface area contributed by atoms with Gasteiger partial charge in [0.15, 0.2) is 5.78 Å². The Morgan fingerprint density at radius 1 is 1.04 bits per heavy atom. The van der Waals surface area contributed by atoms with Gasteiger partial charge in [-0.2, -0.15) is 10.1 Å². The van der Waals surface area contributed by atoms with Crippen LogP contribution in [0.3, 0.4) is 0 Å². The number of nitrogens with zero attached hydrogens (tertiary/aromatic N) is 3. The zero-order valence-electron chi connectivity index (χ0n) is 14.1. The van der Waals surface area contributed by atoms with Crippen molar-refractivity contribution >= 4 is 11.7 Å². The van der Waals surface area contributed by atoms with Gasteiger partial charge >= 0.3 is 0 Å². The van der Waals surface area contributed by atoms with Gasteiger partial charge in [-0.25, -0.2) is 4.68 Å². The van der Waals surface area contributed by atoms with Crippen LogP contribution in [0.15, 0.2) is 72.2 Å². The average molecular weight is 330 g/mol. The summed E-state index contributed by atoms with van der Waals surface area (Å²) < 4.78 is 1.77. The van der Waals surface area contributed by atoms with Gasteiger partial charge in [-0.1, -0.05) is 60.2 Å². The van der Waals surface area contributed by atoms with E-state index in [4.69, 9.17) is 0 Å². The number of ketones is 1. The number of allylic oxidation sites excluding steroid dienone is 2. The summed E-state index contributed by atoms with van der Waals surface area (Å²) in [7, 11) is 0. The molecule has 0 spiro atoms. The molecule has 0 saturated heterocycles. The first-order valence-electron chi connectivity index (χ1n) is 8.19. The molecule has 3 aromatic rings. The maximum Gasteiger partial charge on any atom is 0.226 e. The molecular formula is C20H18N4O. The number of benzene rings is 2. The summed E-state index contributed by atoms with van der Waals surface area (Å²) in [4.78, 5) is 17.5. The fourth-order valence-corrected chi connectivity index (χ4v) is 3.19. The van der Waals surface area contributed by atoms with E-state index in [9.17, 15) is 4.79 Å². The monoisotopic (exact) mass is 330 g/mol. The SMILES string of the molecule is CC1=C(C(=O)c2ccccc2)[C@H](c2ccc(C)cc2)n2ncnc2N1. The molecule has 2 aromatic carbocycles. The number of rotatable bonds is 3. The minimum absolute atomic E-state index is 0.00248. The summed E-state index contributed by atoms with van der Waals surface area (Å²) in [5, 5.41) is 7.55. The Kier molecular flexibility index (Phi) is 3.69. The van der Waals surface area contributed by atoms with Crippen molar-refractivity contribution in [2.24, 2.45) is 0 Å². The van der Waals surface area contributed by atoms with Gasteiger partial charge in [0.25, 0.3) is 0 Å². The van der Waals surface area contributed by atoms with Crippen molar-refractivity contribution in [3.63, 3.8) is 0 Å². The lowest BCUT2D eigenvalue weighted by Gasteiger charge is -2.28. The minimum Gasteiger partial charge on any atom is -0.328 e. The first-order chi connectivity index (χ1) is 12.1. The highest BCUT2D eigenvalue weighted by atomic mass is 16.1. The first-order valence-corrected chi connectivity index (χ1v) is 8.19. The van der Waals surface area contributed by atoms with Crippen molar-refractivity contribution in [2.45, 2.75) is 19.9 Å². The molecule has 1 aliphatic rings. The second-order valence-electron chi connectivity index (χ2n) is 6.20. The molecule has 0 unspecified atom stereocenters. The number of carbonyl (C=O) groups is 1. The predicted octanol–water partition coefficient (Wildman–Crippen LogP) is 3.76. The van der Waals surface area contributed by atoms with E-state index >= 15 is 0 Å². The highest BCUT2D eigenvalue weighted by molar-refractivity contribution is 6.10. The largest absolute Gasteiger partial charge is 0.328 e. The summed E-state index contributed by atoms with van der Waals surface area (Å²) in [6.45, 7) is 3.96. The van der Waals surface area contributed by atoms with E-state index in [0.29, 0.717) is 17.1 Å². The van der Waals surface area contributed by atoms with Crippen LogP contribution >= 0.6 is 0 Å². The van der Waals surface area contributed by atoms with Crippen LogP contribution in [-0.2, 0) is 0 Å². The van der Waals surface area contributed by atoms with Gasteiger partial charge in [-0.05, 0) is 19.4 Å². The molecule has 0 aliphatic carbocycles. The minimum atomic E-state index is -0.299. The lowest BCUT2D eigenvalue weighted by molar-refractivity contribution is 0.102. The van der Waals surface area contributed by atoms with Crippen molar-refractivity contribution < 1.29 is 4.79 Å². The summed E-state index contributed by atoms with van der Waals surface area (Å²) in [5.41, 5.74) is 4.35. The highest BCUT2D eigenvalue weighted by Gasteiger charge is 2.33. The molecule has 1 aromatic heterocycles. The van der Waals surface area contributed by atoms with E-state index in [-0.39, 0.29) is 11.8 Å². The Bertz CT molecular complexity index is 955.